The molecular weight excluding hydrogens is 276 g/mol. The molecule has 0 bridgehead atoms. The highest BCUT2D eigenvalue weighted by Crippen LogP contribution is 2.29. The van der Waals surface area contributed by atoms with Crippen LogP contribution in [-0.2, 0) is 16.0 Å². The average molecular weight is 299 g/mol. The minimum absolute atomic E-state index is 0. The van der Waals surface area contributed by atoms with Crippen LogP contribution in [0.3, 0.4) is 0 Å². The van der Waals surface area contributed by atoms with Gasteiger partial charge in [-0.2, -0.15) is 0 Å². The van der Waals surface area contributed by atoms with Gasteiger partial charge >= 0.3 is 0 Å². The third-order valence-electron chi connectivity index (χ3n) is 3.71. The molecule has 1 aliphatic rings. The summed E-state index contributed by atoms with van der Waals surface area (Å²) < 4.78 is 5.14. The molecule has 0 aliphatic heterocycles. The van der Waals surface area contributed by atoms with Crippen molar-refractivity contribution >= 4 is 18.3 Å². The number of benzene rings is 1. The number of hydrogen-bond acceptors (Lipinski definition) is 3. The van der Waals surface area contributed by atoms with E-state index in [0.29, 0.717) is 13.0 Å². The molecule has 0 spiro atoms. The first-order valence-corrected chi connectivity index (χ1v) is 6.84. The van der Waals surface area contributed by atoms with Gasteiger partial charge in [-0.15, -0.1) is 12.4 Å². The van der Waals surface area contributed by atoms with Crippen LogP contribution in [-0.4, -0.2) is 25.7 Å². The standard InChI is InChI=1S/C15H22N2O2.ClH/c1-19-12(10-16)9-15(18)17-14-8-4-6-11-5-2-3-7-13(11)14;/h2-3,5,7,12,14H,4,6,8-10,16H2,1H3,(H,17,18);1H. The smallest absolute Gasteiger partial charge is 0.223 e. The zero-order valence-electron chi connectivity index (χ0n) is 11.8. The van der Waals surface area contributed by atoms with E-state index in [1.807, 2.05) is 6.07 Å². The van der Waals surface area contributed by atoms with Gasteiger partial charge in [0.15, 0.2) is 0 Å². The number of amides is 1. The van der Waals surface area contributed by atoms with Gasteiger partial charge in [-0.3, -0.25) is 4.79 Å². The summed E-state index contributed by atoms with van der Waals surface area (Å²) in [6, 6.07) is 8.47. The lowest BCUT2D eigenvalue weighted by Crippen LogP contribution is -2.35. The fourth-order valence-electron chi connectivity index (χ4n) is 2.63. The molecule has 2 atom stereocenters. The first kappa shape index (κ1) is 17.0. The molecule has 2 unspecified atom stereocenters. The molecular formula is C15H23ClN2O2. The summed E-state index contributed by atoms with van der Waals surface area (Å²) in [5.74, 6) is 0.0130. The van der Waals surface area contributed by atoms with Crippen molar-refractivity contribution in [1.29, 1.82) is 0 Å². The van der Waals surface area contributed by atoms with Crippen LogP contribution in [0.5, 0.6) is 0 Å². The molecule has 1 aliphatic carbocycles. The molecule has 112 valence electrons. The number of nitrogens with one attached hydrogen (secondary N) is 1. The third kappa shape index (κ3) is 4.20. The van der Waals surface area contributed by atoms with Crippen molar-refractivity contribution in [2.45, 2.75) is 37.8 Å². The molecule has 4 nitrogen and oxygen atoms in total. The van der Waals surface area contributed by atoms with Gasteiger partial charge < -0.3 is 15.8 Å². The summed E-state index contributed by atoms with van der Waals surface area (Å²) in [4.78, 5) is 12.0. The van der Waals surface area contributed by atoms with Crippen LogP contribution in [0.4, 0.5) is 0 Å². The predicted octanol–water partition coefficient (Wildman–Crippen LogP) is 1.97. The minimum atomic E-state index is -0.196. The number of ether oxygens (including phenoxy) is 1. The number of carbonyl (C=O) groups excluding carboxylic acids is 1. The molecule has 3 N–H and O–H groups in total. The minimum Gasteiger partial charge on any atom is -0.380 e. The van der Waals surface area contributed by atoms with Crippen LogP contribution in [0.25, 0.3) is 0 Å². The summed E-state index contributed by atoms with van der Waals surface area (Å²) in [5, 5.41) is 3.10. The van der Waals surface area contributed by atoms with Gasteiger partial charge in [0.25, 0.3) is 0 Å². The molecule has 0 aromatic heterocycles. The van der Waals surface area contributed by atoms with Crippen molar-refractivity contribution in [3.05, 3.63) is 35.4 Å². The number of aryl methyl sites for hydroxylation is 1. The van der Waals surface area contributed by atoms with E-state index in [4.69, 9.17) is 10.5 Å². The number of hydrogen-bond donors (Lipinski definition) is 2. The molecule has 1 aromatic rings. The Bertz CT molecular complexity index is 436. The first-order valence-electron chi connectivity index (χ1n) is 6.84. The van der Waals surface area contributed by atoms with Crippen LogP contribution in [0, 0.1) is 0 Å². The molecule has 0 fully saturated rings. The molecule has 0 saturated heterocycles. The van der Waals surface area contributed by atoms with E-state index >= 15 is 0 Å². The predicted molar refractivity (Wildman–Crippen MR) is 82.0 cm³/mol. The average Bonchev–Trinajstić information content (AvgIpc) is 2.45. The second kappa shape index (κ2) is 8.25. The summed E-state index contributed by atoms with van der Waals surface area (Å²) in [7, 11) is 1.58. The van der Waals surface area contributed by atoms with Gasteiger partial charge in [-0.25, -0.2) is 0 Å². The van der Waals surface area contributed by atoms with Crippen LogP contribution in [0.2, 0.25) is 0 Å². The lowest BCUT2D eigenvalue weighted by Gasteiger charge is -2.27. The van der Waals surface area contributed by atoms with Crippen LogP contribution < -0.4 is 11.1 Å². The number of carbonyl (C=O) groups is 1. The number of halogens is 1. The van der Waals surface area contributed by atoms with E-state index in [0.717, 1.165) is 19.3 Å². The SMILES string of the molecule is COC(CN)CC(=O)NC1CCCc2ccccc21.Cl. The summed E-state index contributed by atoms with van der Waals surface area (Å²) >= 11 is 0. The second-order valence-corrected chi connectivity index (χ2v) is 5.01. The maximum absolute atomic E-state index is 12.0. The van der Waals surface area contributed by atoms with E-state index < -0.39 is 0 Å². The number of methoxy groups -OCH3 is 1. The van der Waals surface area contributed by atoms with Crippen molar-refractivity contribution < 1.29 is 9.53 Å². The Morgan fingerprint density at radius 2 is 2.25 bits per heavy atom. The molecule has 20 heavy (non-hydrogen) atoms. The Morgan fingerprint density at radius 3 is 2.95 bits per heavy atom. The van der Waals surface area contributed by atoms with Crippen molar-refractivity contribution in [1.82, 2.24) is 5.32 Å². The van der Waals surface area contributed by atoms with Crippen LogP contribution in [0.1, 0.15) is 36.4 Å². The van der Waals surface area contributed by atoms with Crippen molar-refractivity contribution in [2.24, 2.45) is 5.73 Å². The van der Waals surface area contributed by atoms with Gasteiger partial charge in [-0.1, -0.05) is 24.3 Å². The van der Waals surface area contributed by atoms with Crippen molar-refractivity contribution in [3.63, 3.8) is 0 Å². The largest absolute Gasteiger partial charge is 0.380 e. The monoisotopic (exact) mass is 298 g/mol. The van der Waals surface area contributed by atoms with E-state index in [1.165, 1.54) is 11.1 Å². The van der Waals surface area contributed by atoms with Gasteiger partial charge in [0.2, 0.25) is 5.91 Å². The molecule has 1 aromatic carbocycles. The normalized spacial score (nSPS) is 18.6. The highest BCUT2D eigenvalue weighted by molar-refractivity contribution is 5.85. The zero-order chi connectivity index (χ0) is 13.7. The fourth-order valence-corrected chi connectivity index (χ4v) is 2.63. The van der Waals surface area contributed by atoms with Crippen molar-refractivity contribution in [3.8, 4) is 0 Å². The maximum Gasteiger partial charge on any atom is 0.223 e. The molecule has 0 saturated carbocycles. The third-order valence-corrected chi connectivity index (χ3v) is 3.71. The van der Waals surface area contributed by atoms with E-state index in [9.17, 15) is 4.79 Å². The molecule has 0 radical (unpaired) electrons. The second-order valence-electron chi connectivity index (χ2n) is 5.01. The number of fused-ring (bicyclic) bond motifs is 1. The highest BCUT2D eigenvalue weighted by Gasteiger charge is 2.22. The van der Waals surface area contributed by atoms with E-state index in [2.05, 4.69) is 23.5 Å². The molecule has 5 heteroatoms. The Labute approximate surface area is 126 Å². The highest BCUT2D eigenvalue weighted by atomic mass is 35.5. The lowest BCUT2D eigenvalue weighted by molar-refractivity contribution is -0.124. The Hall–Kier alpha value is -1.10. The van der Waals surface area contributed by atoms with Gasteiger partial charge in [-0.05, 0) is 30.4 Å². The van der Waals surface area contributed by atoms with Crippen LogP contribution >= 0.6 is 12.4 Å². The Morgan fingerprint density at radius 1 is 1.50 bits per heavy atom. The van der Waals surface area contributed by atoms with Gasteiger partial charge in [0, 0.05) is 13.7 Å². The lowest BCUT2D eigenvalue weighted by atomic mass is 9.87. The van der Waals surface area contributed by atoms with Crippen molar-refractivity contribution in [2.75, 3.05) is 13.7 Å². The zero-order valence-corrected chi connectivity index (χ0v) is 12.6. The molecule has 0 heterocycles. The van der Waals surface area contributed by atoms with E-state index in [-0.39, 0.29) is 30.5 Å². The van der Waals surface area contributed by atoms with Crippen LogP contribution in [0.15, 0.2) is 24.3 Å². The fraction of sp³-hybridized carbons (Fsp3) is 0.533. The number of nitrogens with two attached hydrogens (primary N) is 1. The van der Waals surface area contributed by atoms with Gasteiger partial charge in [0.05, 0.1) is 18.6 Å². The van der Waals surface area contributed by atoms with E-state index in [1.54, 1.807) is 7.11 Å². The Kier molecular flexibility index (Phi) is 6.99. The Balaban J connectivity index is 0.00000200. The van der Waals surface area contributed by atoms with Gasteiger partial charge in [0.1, 0.15) is 0 Å². The first-order chi connectivity index (χ1) is 9.24. The summed E-state index contributed by atoms with van der Waals surface area (Å²) in [6.45, 7) is 0.366. The summed E-state index contributed by atoms with van der Waals surface area (Å²) in [5.41, 5.74) is 8.14. The molecule has 1 amide bonds. The quantitative estimate of drug-likeness (QED) is 0.873. The molecule has 2 rings (SSSR count). The number of rotatable bonds is 5. The topological polar surface area (TPSA) is 64.3 Å². The maximum atomic E-state index is 12.0. The summed E-state index contributed by atoms with van der Waals surface area (Å²) in [6.07, 6.45) is 3.35.